The quantitative estimate of drug-likeness (QED) is 0.469. The molecule has 0 saturated carbocycles. The standard InChI is InChI=1S/C20H29N3O5/c1-13-8-10-22(11-9-13)16-7-6-15(12-17(16)23(26)27)19(25)28-14(2)18(24)21-20(3,4)5/h6-7,12-14H,8-11H2,1-5H3,(H,21,24)/t14-/m1/s1. The molecule has 28 heavy (non-hydrogen) atoms. The summed E-state index contributed by atoms with van der Waals surface area (Å²) in [4.78, 5) is 37.5. The second kappa shape index (κ2) is 8.58. The molecule has 1 amide bonds. The molecule has 2 rings (SSSR count). The van der Waals surface area contributed by atoms with E-state index in [1.54, 1.807) is 6.07 Å². The van der Waals surface area contributed by atoms with Crippen molar-refractivity contribution in [3.05, 3.63) is 33.9 Å². The average molecular weight is 391 g/mol. The zero-order valence-corrected chi connectivity index (χ0v) is 17.2. The summed E-state index contributed by atoms with van der Waals surface area (Å²) in [6, 6.07) is 4.33. The lowest BCUT2D eigenvalue weighted by Crippen LogP contribution is -2.46. The van der Waals surface area contributed by atoms with Crippen molar-refractivity contribution in [2.45, 2.75) is 59.1 Å². The van der Waals surface area contributed by atoms with E-state index in [1.165, 1.54) is 19.1 Å². The van der Waals surface area contributed by atoms with Gasteiger partial charge in [0.05, 0.1) is 10.5 Å². The van der Waals surface area contributed by atoms with E-state index >= 15 is 0 Å². The van der Waals surface area contributed by atoms with Crippen LogP contribution in [0.1, 0.15) is 57.8 Å². The van der Waals surface area contributed by atoms with Gasteiger partial charge in [-0.25, -0.2) is 4.79 Å². The number of hydrogen-bond donors (Lipinski definition) is 1. The van der Waals surface area contributed by atoms with E-state index in [2.05, 4.69) is 12.2 Å². The first-order valence-corrected chi connectivity index (χ1v) is 9.54. The number of hydrogen-bond acceptors (Lipinski definition) is 6. The third-order valence-corrected chi connectivity index (χ3v) is 4.68. The lowest BCUT2D eigenvalue weighted by atomic mass is 9.98. The van der Waals surface area contributed by atoms with E-state index in [-0.39, 0.29) is 11.3 Å². The molecule has 154 valence electrons. The minimum atomic E-state index is -1.01. The minimum Gasteiger partial charge on any atom is -0.449 e. The van der Waals surface area contributed by atoms with Gasteiger partial charge in [0.25, 0.3) is 11.6 Å². The Balaban J connectivity index is 2.15. The van der Waals surface area contributed by atoms with Crippen LogP contribution in [0, 0.1) is 16.0 Å². The molecule has 1 atom stereocenters. The van der Waals surface area contributed by atoms with E-state index in [1.807, 2.05) is 25.7 Å². The first kappa shape index (κ1) is 21.7. The number of nitrogens with one attached hydrogen (secondary N) is 1. The van der Waals surface area contributed by atoms with Gasteiger partial charge in [0.2, 0.25) is 0 Å². The lowest BCUT2D eigenvalue weighted by molar-refractivity contribution is -0.384. The van der Waals surface area contributed by atoms with Gasteiger partial charge in [0, 0.05) is 24.7 Å². The van der Waals surface area contributed by atoms with Gasteiger partial charge >= 0.3 is 5.97 Å². The van der Waals surface area contributed by atoms with Crippen molar-refractivity contribution >= 4 is 23.3 Å². The van der Waals surface area contributed by atoms with E-state index in [4.69, 9.17) is 4.74 Å². The van der Waals surface area contributed by atoms with E-state index < -0.39 is 28.4 Å². The fourth-order valence-corrected chi connectivity index (χ4v) is 3.07. The van der Waals surface area contributed by atoms with Gasteiger partial charge in [0.15, 0.2) is 6.10 Å². The van der Waals surface area contributed by atoms with Crippen LogP contribution in [0.15, 0.2) is 18.2 Å². The van der Waals surface area contributed by atoms with Crippen molar-refractivity contribution < 1.29 is 19.2 Å². The van der Waals surface area contributed by atoms with Crippen LogP contribution in [-0.4, -0.2) is 41.5 Å². The number of ether oxygens (including phenoxy) is 1. The number of anilines is 1. The zero-order valence-electron chi connectivity index (χ0n) is 17.2. The highest BCUT2D eigenvalue weighted by Crippen LogP contribution is 2.32. The van der Waals surface area contributed by atoms with Crippen molar-refractivity contribution in [1.29, 1.82) is 0 Å². The molecule has 0 bridgehead atoms. The summed E-state index contributed by atoms with van der Waals surface area (Å²) in [6.07, 6.45) is 0.942. The van der Waals surface area contributed by atoms with Crippen molar-refractivity contribution in [1.82, 2.24) is 5.32 Å². The van der Waals surface area contributed by atoms with Crippen molar-refractivity contribution in [3.8, 4) is 0 Å². The van der Waals surface area contributed by atoms with E-state index in [9.17, 15) is 19.7 Å². The number of amides is 1. The molecule has 8 nitrogen and oxygen atoms in total. The van der Waals surface area contributed by atoms with Crippen LogP contribution in [0.25, 0.3) is 0 Å². The monoisotopic (exact) mass is 391 g/mol. The second-order valence-corrected chi connectivity index (χ2v) is 8.42. The predicted octanol–water partition coefficient (Wildman–Crippen LogP) is 3.29. The molecule has 1 saturated heterocycles. The van der Waals surface area contributed by atoms with Crippen LogP contribution in [-0.2, 0) is 9.53 Å². The summed E-state index contributed by atoms with van der Waals surface area (Å²) >= 11 is 0. The van der Waals surface area contributed by atoms with Gasteiger partial charge in [-0.1, -0.05) is 6.92 Å². The molecular formula is C20H29N3O5. The molecule has 0 spiro atoms. The Bertz CT molecular complexity index is 749. The Morgan fingerprint density at radius 1 is 1.29 bits per heavy atom. The Kier molecular flexibility index (Phi) is 6.64. The lowest BCUT2D eigenvalue weighted by Gasteiger charge is -2.31. The first-order chi connectivity index (χ1) is 13.0. The molecule has 0 unspecified atom stereocenters. The van der Waals surface area contributed by atoms with Gasteiger partial charge in [-0.2, -0.15) is 0 Å². The van der Waals surface area contributed by atoms with Gasteiger partial charge in [-0.05, 0) is 58.6 Å². The number of nitro groups is 1. The number of nitro benzene ring substituents is 1. The second-order valence-electron chi connectivity index (χ2n) is 8.42. The predicted molar refractivity (Wildman–Crippen MR) is 106 cm³/mol. The highest BCUT2D eigenvalue weighted by Gasteiger charge is 2.27. The van der Waals surface area contributed by atoms with Crippen LogP contribution >= 0.6 is 0 Å². The summed E-state index contributed by atoms with van der Waals surface area (Å²) in [5, 5.41) is 14.3. The Morgan fingerprint density at radius 3 is 2.43 bits per heavy atom. The fourth-order valence-electron chi connectivity index (χ4n) is 3.07. The van der Waals surface area contributed by atoms with Crippen LogP contribution in [0.2, 0.25) is 0 Å². The summed E-state index contributed by atoms with van der Waals surface area (Å²) in [5.41, 5.74) is -0.0246. The highest BCUT2D eigenvalue weighted by molar-refractivity contribution is 5.93. The maximum absolute atomic E-state index is 12.4. The average Bonchev–Trinajstić information content (AvgIpc) is 2.60. The summed E-state index contributed by atoms with van der Waals surface area (Å²) in [6.45, 7) is 10.6. The number of piperidine rings is 1. The van der Waals surface area contributed by atoms with Gasteiger partial charge in [-0.3, -0.25) is 14.9 Å². The molecule has 0 aromatic heterocycles. The van der Waals surface area contributed by atoms with Gasteiger partial charge in [-0.15, -0.1) is 0 Å². The number of carbonyl (C=O) groups excluding carboxylic acids is 2. The van der Waals surface area contributed by atoms with E-state index in [0.29, 0.717) is 11.6 Å². The third kappa shape index (κ3) is 5.68. The van der Waals surface area contributed by atoms with Crippen LogP contribution < -0.4 is 10.2 Å². The van der Waals surface area contributed by atoms with Gasteiger partial charge < -0.3 is 15.0 Å². The summed E-state index contributed by atoms with van der Waals surface area (Å²) in [7, 11) is 0. The molecule has 1 N–H and O–H groups in total. The smallest absolute Gasteiger partial charge is 0.339 e. The molecule has 1 heterocycles. The molecule has 0 aliphatic carbocycles. The maximum atomic E-state index is 12.4. The third-order valence-electron chi connectivity index (χ3n) is 4.68. The van der Waals surface area contributed by atoms with Crippen molar-refractivity contribution in [2.24, 2.45) is 5.92 Å². The first-order valence-electron chi connectivity index (χ1n) is 9.54. The zero-order chi connectivity index (χ0) is 21.1. The highest BCUT2D eigenvalue weighted by atomic mass is 16.6. The van der Waals surface area contributed by atoms with Crippen LogP contribution in [0.3, 0.4) is 0 Å². The number of nitrogens with zero attached hydrogens (tertiary/aromatic N) is 2. The van der Waals surface area contributed by atoms with Crippen molar-refractivity contribution in [2.75, 3.05) is 18.0 Å². The number of rotatable bonds is 5. The largest absolute Gasteiger partial charge is 0.449 e. The SMILES string of the molecule is CC1CCN(c2ccc(C(=O)O[C@H](C)C(=O)NC(C)(C)C)cc2[N+](=O)[O-])CC1. The van der Waals surface area contributed by atoms with Crippen LogP contribution in [0.5, 0.6) is 0 Å². The molecule has 1 aliphatic rings. The Hall–Kier alpha value is -2.64. The number of esters is 1. The van der Waals surface area contributed by atoms with Crippen LogP contribution in [0.4, 0.5) is 11.4 Å². The summed E-state index contributed by atoms with van der Waals surface area (Å²) in [5.74, 6) is -0.585. The van der Waals surface area contributed by atoms with Gasteiger partial charge in [0.1, 0.15) is 5.69 Å². The molecule has 1 fully saturated rings. The molecule has 8 heteroatoms. The molecular weight excluding hydrogens is 362 g/mol. The Morgan fingerprint density at radius 2 is 1.89 bits per heavy atom. The summed E-state index contributed by atoms with van der Waals surface area (Å²) < 4.78 is 5.19. The topological polar surface area (TPSA) is 102 Å². The van der Waals surface area contributed by atoms with E-state index in [0.717, 1.165) is 25.9 Å². The molecule has 1 aliphatic heterocycles. The molecule has 1 aromatic rings. The molecule has 0 radical (unpaired) electrons. The van der Waals surface area contributed by atoms with Crippen molar-refractivity contribution in [3.63, 3.8) is 0 Å². The maximum Gasteiger partial charge on any atom is 0.339 e. The number of benzene rings is 1. The number of carbonyl (C=O) groups is 2. The minimum absolute atomic E-state index is 0.0521. The normalized spacial score (nSPS) is 16.4. The Labute approximate surface area is 165 Å². The molecule has 1 aromatic carbocycles. The fraction of sp³-hybridized carbons (Fsp3) is 0.600.